The number of likely N-dealkylation sites (tertiary alicyclic amines) is 1. The molecule has 0 spiro atoms. The minimum absolute atomic E-state index is 0.0986. The number of piperidine rings is 1. The quantitative estimate of drug-likeness (QED) is 0.754. The average Bonchev–Trinajstić information content (AvgIpc) is 2.59. The lowest BCUT2D eigenvalue weighted by atomic mass is 9.93. The maximum atomic E-state index is 12.8. The summed E-state index contributed by atoms with van der Waals surface area (Å²) in [4.78, 5) is 38.0. The maximum absolute atomic E-state index is 12.8. The molecular weight excluding hydrogens is 388 g/mol. The zero-order valence-corrected chi connectivity index (χ0v) is 18.3. The zero-order valence-electron chi connectivity index (χ0n) is 18.3. The van der Waals surface area contributed by atoms with Crippen LogP contribution < -0.4 is 5.32 Å². The molecule has 1 saturated heterocycles. The van der Waals surface area contributed by atoms with Gasteiger partial charge >= 0.3 is 18.2 Å². The molecule has 2 amide bonds. The molecule has 1 fully saturated rings. The molecule has 2 rings (SSSR count). The summed E-state index contributed by atoms with van der Waals surface area (Å²) in [5.41, 5.74) is 0.190. The summed E-state index contributed by atoms with van der Waals surface area (Å²) in [6.07, 6.45) is -1.27. The van der Waals surface area contributed by atoms with Crippen LogP contribution in [0.5, 0.6) is 0 Å². The third kappa shape index (κ3) is 6.93. The van der Waals surface area contributed by atoms with Gasteiger partial charge in [-0.15, -0.1) is 0 Å². The van der Waals surface area contributed by atoms with Crippen molar-refractivity contribution < 1.29 is 29.0 Å². The van der Waals surface area contributed by atoms with Crippen LogP contribution in [-0.4, -0.2) is 58.0 Å². The summed E-state index contributed by atoms with van der Waals surface area (Å²) in [7, 11) is 0. The Bertz CT molecular complexity index is 734. The van der Waals surface area contributed by atoms with Crippen molar-refractivity contribution in [2.24, 2.45) is 0 Å². The number of carboxylic acids is 1. The number of amides is 2. The van der Waals surface area contributed by atoms with E-state index in [2.05, 4.69) is 5.32 Å². The fourth-order valence-corrected chi connectivity index (χ4v) is 3.72. The molecule has 166 valence electrons. The van der Waals surface area contributed by atoms with Gasteiger partial charge in [-0.1, -0.05) is 30.3 Å². The Kier molecular flexibility index (Phi) is 7.70. The van der Waals surface area contributed by atoms with E-state index in [4.69, 9.17) is 9.47 Å². The van der Waals surface area contributed by atoms with Crippen LogP contribution in [0.4, 0.5) is 9.59 Å². The lowest BCUT2D eigenvalue weighted by Gasteiger charge is -2.42. The maximum Gasteiger partial charge on any atom is 0.411 e. The number of benzene rings is 1. The number of carboxylic acid groups (broad SMARTS) is 1. The molecule has 1 heterocycles. The third-order valence-corrected chi connectivity index (χ3v) is 4.92. The SMILES string of the molecule is CC1CC(NC(=O)OC(C)(C)C)CC(C)N1C(=O)O[C@@H](Cc1ccccc1)C(=O)O. The first kappa shape index (κ1) is 23.5. The molecule has 0 aromatic heterocycles. The number of carbonyl (C=O) groups excluding carboxylic acids is 2. The first-order valence-electron chi connectivity index (χ1n) is 10.2. The predicted molar refractivity (Wildman–Crippen MR) is 111 cm³/mol. The summed E-state index contributed by atoms with van der Waals surface area (Å²) in [5.74, 6) is -1.19. The standard InChI is InChI=1S/C22H32N2O6/c1-14-11-17(23-20(27)30-22(3,4)5)12-15(2)24(14)21(28)29-18(19(25)26)13-16-9-7-6-8-10-16/h6-10,14-15,17-18H,11-13H2,1-5H3,(H,23,27)(H,25,26)/t14?,15?,17?,18-/m0/s1. The Morgan fingerprint density at radius 3 is 2.20 bits per heavy atom. The fourth-order valence-electron chi connectivity index (χ4n) is 3.72. The van der Waals surface area contributed by atoms with Gasteiger partial charge in [-0.05, 0) is 53.0 Å². The van der Waals surface area contributed by atoms with Gasteiger partial charge in [-0.2, -0.15) is 0 Å². The zero-order chi connectivity index (χ0) is 22.5. The van der Waals surface area contributed by atoms with Crippen LogP contribution in [0, 0.1) is 0 Å². The molecule has 8 nitrogen and oxygen atoms in total. The molecule has 1 aromatic carbocycles. The Balaban J connectivity index is 1.97. The third-order valence-electron chi connectivity index (χ3n) is 4.92. The second kappa shape index (κ2) is 9.82. The van der Waals surface area contributed by atoms with Crippen LogP contribution in [0.2, 0.25) is 0 Å². The summed E-state index contributed by atoms with van der Waals surface area (Å²) in [6.45, 7) is 9.10. The Labute approximate surface area is 177 Å². The lowest BCUT2D eigenvalue weighted by molar-refractivity contribution is -0.147. The van der Waals surface area contributed by atoms with Crippen molar-refractivity contribution in [1.82, 2.24) is 10.2 Å². The van der Waals surface area contributed by atoms with Crippen LogP contribution in [0.15, 0.2) is 30.3 Å². The molecule has 1 aliphatic rings. The van der Waals surface area contributed by atoms with Gasteiger partial charge in [0.1, 0.15) is 5.60 Å². The first-order valence-corrected chi connectivity index (χ1v) is 10.2. The minimum atomic E-state index is -1.27. The summed E-state index contributed by atoms with van der Waals surface area (Å²) in [6, 6.07) is 8.44. The highest BCUT2D eigenvalue weighted by Crippen LogP contribution is 2.25. The Morgan fingerprint density at radius 2 is 1.70 bits per heavy atom. The fraction of sp³-hybridized carbons (Fsp3) is 0.591. The van der Waals surface area contributed by atoms with Gasteiger partial charge in [0, 0.05) is 24.5 Å². The Hall–Kier alpha value is -2.77. The van der Waals surface area contributed by atoms with E-state index in [0.717, 1.165) is 5.56 Å². The van der Waals surface area contributed by atoms with E-state index in [1.165, 1.54) is 0 Å². The van der Waals surface area contributed by atoms with Crippen LogP contribution in [0.3, 0.4) is 0 Å². The smallest absolute Gasteiger partial charge is 0.411 e. The molecule has 0 radical (unpaired) electrons. The van der Waals surface area contributed by atoms with Gasteiger partial charge in [-0.25, -0.2) is 14.4 Å². The highest BCUT2D eigenvalue weighted by molar-refractivity contribution is 5.78. The predicted octanol–water partition coefficient (Wildman–Crippen LogP) is 3.59. The number of alkyl carbamates (subject to hydrolysis) is 1. The van der Waals surface area contributed by atoms with Gasteiger partial charge in [0.2, 0.25) is 6.10 Å². The van der Waals surface area contributed by atoms with E-state index in [9.17, 15) is 19.5 Å². The molecule has 1 aliphatic heterocycles. The number of nitrogens with one attached hydrogen (secondary N) is 1. The minimum Gasteiger partial charge on any atom is -0.478 e. The number of hydrogen-bond donors (Lipinski definition) is 2. The highest BCUT2D eigenvalue weighted by atomic mass is 16.6. The van der Waals surface area contributed by atoms with Gasteiger partial charge in [-0.3, -0.25) is 0 Å². The number of rotatable bonds is 5. The van der Waals surface area contributed by atoms with E-state index in [-0.39, 0.29) is 24.5 Å². The van der Waals surface area contributed by atoms with Gasteiger partial charge in [0.15, 0.2) is 0 Å². The van der Waals surface area contributed by atoms with Crippen LogP contribution >= 0.6 is 0 Å². The van der Waals surface area contributed by atoms with Crippen LogP contribution in [0.25, 0.3) is 0 Å². The summed E-state index contributed by atoms with van der Waals surface area (Å²) >= 11 is 0. The molecule has 0 saturated carbocycles. The van der Waals surface area contributed by atoms with E-state index in [1.54, 1.807) is 37.8 Å². The Morgan fingerprint density at radius 1 is 1.13 bits per heavy atom. The van der Waals surface area contributed by atoms with Crippen molar-refractivity contribution in [3.8, 4) is 0 Å². The second-order valence-corrected chi connectivity index (χ2v) is 8.82. The van der Waals surface area contributed by atoms with Gasteiger partial charge in [0.25, 0.3) is 0 Å². The van der Waals surface area contributed by atoms with Gasteiger partial charge in [0.05, 0.1) is 0 Å². The number of ether oxygens (including phenoxy) is 2. The van der Waals surface area contributed by atoms with Crippen molar-refractivity contribution in [3.05, 3.63) is 35.9 Å². The molecule has 0 aliphatic carbocycles. The van der Waals surface area contributed by atoms with Crippen molar-refractivity contribution in [2.45, 2.75) is 83.7 Å². The highest BCUT2D eigenvalue weighted by Gasteiger charge is 2.37. The molecule has 1 aromatic rings. The first-order chi connectivity index (χ1) is 14.0. The number of nitrogens with zero attached hydrogens (tertiary/aromatic N) is 1. The van der Waals surface area contributed by atoms with E-state index < -0.39 is 29.9 Å². The van der Waals surface area contributed by atoms with Crippen LogP contribution in [0.1, 0.15) is 53.0 Å². The molecule has 2 unspecified atom stereocenters. The molecule has 8 heteroatoms. The number of carbonyl (C=O) groups is 3. The van der Waals surface area contributed by atoms with Crippen molar-refractivity contribution in [1.29, 1.82) is 0 Å². The largest absolute Gasteiger partial charge is 0.478 e. The van der Waals surface area contributed by atoms with Crippen molar-refractivity contribution in [2.75, 3.05) is 0 Å². The normalized spacial score (nSPS) is 22.7. The van der Waals surface area contributed by atoms with E-state index in [0.29, 0.717) is 12.8 Å². The average molecular weight is 421 g/mol. The summed E-state index contributed by atoms with van der Waals surface area (Å²) < 4.78 is 10.7. The number of hydrogen-bond acceptors (Lipinski definition) is 5. The molecule has 30 heavy (non-hydrogen) atoms. The lowest BCUT2D eigenvalue weighted by Crippen LogP contribution is -2.56. The van der Waals surface area contributed by atoms with Gasteiger partial charge < -0.3 is 24.8 Å². The summed E-state index contributed by atoms with van der Waals surface area (Å²) in [5, 5.41) is 12.3. The monoisotopic (exact) mass is 420 g/mol. The second-order valence-electron chi connectivity index (χ2n) is 8.82. The van der Waals surface area contributed by atoms with Crippen LogP contribution in [-0.2, 0) is 20.7 Å². The molecule has 2 N–H and O–H groups in total. The van der Waals surface area contributed by atoms with E-state index >= 15 is 0 Å². The molecular formula is C22H32N2O6. The topological polar surface area (TPSA) is 105 Å². The molecule has 3 atom stereocenters. The van der Waals surface area contributed by atoms with Crippen molar-refractivity contribution >= 4 is 18.2 Å². The van der Waals surface area contributed by atoms with Crippen molar-refractivity contribution in [3.63, 3.8) is 0 Å². The van der Waals surface area contributed by atoms with E-state index in [1.807, 2.05) is 32.0 Å². The molecule has 0 bridgehead atoms. The number of aliphatic carboxylic acids is 1.